The van der Waals surface area contributed by atoms with E-state index in [1.54, 1.807) is 0 Å². The highest BCUT2D eigenvalue weighted by molar-refractivity contribution is 5.81. The minimum absolute atomic E-state index is 0.182. The van der Waals surface area contributed by atoms with E-state index in [0.717, 1.165) is 45.2 Å². The van der Waals surface area contributed by atoms with Gasteiger partial charge < -0.3 is 15.3 Å². The van der Waals surface area contributed by atoms with Crippen LogP contribution >= 0.6 is 0 Å². The van der Waals surface area contributed by atoms with Crippen LogP contribution in [0.3, 0.4) is 0 Å². The lowest BCUT2D eigenvalue weighted by Gasteiger charge is -2.39. The Hall–Kier alpha value is -0.610. The molecule has 1 saturated heterocycles. The first-order valence-electron chi connectivity index (χ1n) is 8.11. The highest BCUT2D eigenvalue weighted by Crippen LogP contribution is 2.23. The van der Waals surface area contributed by atoms with Gasteiger partial charge in [0.05, 0.1) is 6.10 Å². The Morgan fingerprint density at radius 2 is 1.70 bits per heavy atom. The molecule has 0 spiro atoms. The number of amides is 1. The molecule has 2 rings (SSSR count). The molecule has 2 unspecified atom stereocenters. The van der Waals surface area contributed by atoms with E-state index in [1.165, 1.54) is 6.42 Å². The normalized spacial score (nSPS) is 29.5. The molecule has 4 nitrogen and oxygen atoms in total. The highest BCUT2D eigenvalue weighted by atomic mass is 16.3. The molecule has 2 N–H and O–H groups in total. The zero-order valence-corrected chi connectivity index (χ0v) is 13.2. The second-order valence-electron chi connectivity index (χ2n) is 7.44. The van der Waals surface area contributed by atoms with Gasteiger partial charge in [-0.15, -0.1) is 0 Å². The lowest BCUT2D eigenvalue weighted by atomic mass is 9.90. The number of aliphatic hydroxyl groups excluding tert-OH is 1. The van der Waals surface area contributed by atoms with Crippen molar-refractivity contribution in [3.63, 3.8) is 0 Å². The minimum Gasteiger partial charge on any atom is -0.392 e. The largest absolute Gasteiger partial charge is 0.392 e. The fraction of sp³-hybridized carbons (Fsp3) is 0.938. The molecular weight excluding hydrogens is 252 g/mol. The molecule has 1 aliphatic heterocycles. The van der Waals surface area contributed by atoms with Gasteiger partial charge in [0.25, 0.3) is 0 Å². The summed E-state index contributed by atoms with van der Waals surface area (Å²) in [5, 5.41) is 13.6. The van der Waals surface area contributed by atoms with Crippen molar-refractivity contribution in [1.82, 2.24) is 10.2 Å². The highest BCUT2D eigenvalue weighted by Gasteiger charge is 2.32. The molecule has 116 valence electrons. The monoisotopic (exact) mass is 282 g/mol. The Kier molecular flexibility index (Phi) is 5.08. The van der Waals surface area contributed by atoms with E-state index in [4.69, 9.17) is 0 Å². The van der Waals surface area contributed by atoms with Crippen LogP contribution in [-0.2, 0) is 4.79 Å². The number of likely N-dealkylation sites (tertiary alicyclic amines) is 1. The van der Waals surface area contributed by atoms with Crippen LogP contribution in [0.15, 0.2) is 0 Å². The van der Waals surface area contributed by atoms with Crippen LogP contribution in [0, 0.1) is 5.41 Å². The summed E-state index contributed by atoms with van der Waals surface area (Å²) in [4.78, 5) is 14.2. The van der Waals surface area contributed by atoms with E-state index < -0.39 is 0 Å². The van der Waals surface area contributed by atoms with Crippen LogP contribution in [0.25, 0.3) is 0 Å². The number of nitrogens with zero attached hydrogens (tertiary/aromatic N) is 1. The molecule has 0 bridgehead atoms. The quantitative estimate of drug-likeness (QED) is 0.813. The van der Waals surface area contributed by atoms with Gasteiger partial charge in [0, 0.05) is 30.6 Å². The van der Waals surface area contributed by atoms with Gasteiger partial charge in [0.1, 0.15) is 0 Å². The Labute approximate surface area is 122 Å². The first-order valence-corrected chi connectivity index (χ1v) is 8.11. The second kappa shape index (κ2) is 6.44. The van der Waals surface area contributed by atoms with Crippen molar-refractivity contribution < 1.29 is 9.90 Å². The summed E-state index contributed by atoms with van der Waals surface area (Å²) >= 11 is 0. The number of aliphatic hydroxyl groups is 1. The summed E-state index contributed by atoms with van der Waals surface area (Å²) in [6, 6.07) is 0.718. The fourth-order valence-corrected chi connectivity index (χ4v) is 3.33. The molecule has 0 aromatic heterocycles. The molecule has 1 heterocycles. The van der Waals surface area contributed by atoms with Gasteiger partial charge in [0.2, 0.25) is 5.91 Å². The minimum atomic E-state index is -0.278. The van der Waals surface area contributed by atoms with E-state index in [2.05, 4.69) is 5.32 Å². The van der Waals surface area contributed by atoms with Crippen molar-refractivity contribution >= 4 is 5.91 Å². The van der Waals surface area contributed by atoms with Crippen molar-refractivity contribution in [2.24, 2.45) is 5.41 Å². The van der Waals surface area contributed by atoms with Gasteiger partial charge in [-0.1, -0.05) is 33.6 Å². The number of rotatable bonds is 2. The summed E-state index contributed by atoms with van der Waals surface area (Å²) < 4.78 is 0. The van der Waals surface area contributed by atoms with Crippen LogP contribution in [0.5, 0.6) is 0 Å². The summed E-state index contributed by atoms with van der Waals surface area (Å²) in [6.45, 7) is 7.64. The molecule has 2 atom stereocenters. The maximum atomic E-state index is 12.2. The van der Waals surface area contributed by atoms with E-state index in [-0.39, 0.29) is 23.5 Å². The van der Waals surface area contributed by atoms with Crippen LogP contribution in [0.4, 0.5) is 0 Å². The topological polar surface area (TPSA) is 52.6 Å². The number of hydrogen-bond donors (Lipinski definition) is 2. The number of carbonyl (C=O) groups is 1. The van der Waals surface area contributed by atoms with E-state index in [9.17, 15) is 9.90 Å². The molecule has 20 heavy (non-hydrogen) atoms. The lowest BCUT2D eigenvalue weighted by molar-refractivity contribution is -0.140. The first kappa shape index (κ1) is 15.8. The first-order chi connectivity index (χ1) is 9.38. The predicted octanol–water partition coefficient (Wildman–Crippen LogP) is 1.92. The smallest absolute Gasteiger partial charge is 0.227 e. The molecule has 1 aliphatic carbocycles. The summed E-state index contributed by atoms with van der Waals surface area (Å²) in [6.07, 6.45) is 6.21. The standard InChI is InChI=1S/C16H30N2O2/c1-16(2,3)15(20)18-10-8-12(9-11-18)17-13-6-4-5-7-14(13)19/h12-14,17,19H,4-11H2,1-3H3. The molecule has 0 aromatic rings. The van der Waals surface area contributed by atoms with Gasteiger partial charge in [-0.3, -0.25) is 4.79 Å². The van der Waals surface area contributed by atoms with Crippen LogP contribution in [0.2, 0.25) is 0 Å². The van der Waals surface area contributed by atoms with Crippen molar-refractivity contribution in [3.8, 4) is 0 Å². The van der Waals surface area contributed by atoms with Gasteiger partial charge in [0.15, 0.2) is 0 Å². The van der Waals surface area contributed by atoms with Gasteiger partial charge in [-0.2, -0.15) is 0 Å². The third kappa shape index (κ3) is 3.95. The number of piperidine rings is 1. The average Bonchev–Trinajstić information content (AvgIpc) is 2.40. The Morgan fingerprint density at radius 1 is 1.10 bits per heavy atom. The SMILES string of the molecule is CC(C)(C)C(=O)N1CCC(NC2CCCCC2O)CC1. The molecule has 4 heteroatoms. The number of carbonyl (C=O) groups excluding carboxylic acids is 1. The summed E-state index contributed by atoms with van der Waals surface area (Å²) in [7, 11) is 0. The number of hydrogen-bond acceptors (Lipinski definition) is 3. The maximum absolute atomic E-state index is 12.2. The van der Waals surface area contributed by atoms with E-state index in [1.807, 2.05) is 25.7 Å². The van der Waals surface area contributed by atoms with Crippen molar-refractivity contribution in [2.75, 3.05) is 13.1 Å². The van der Waals surface area contributed by atoms with Crippen LogP contribution < -0.4 is 5.32 Å². The number of nitrogens with one attached hydrogen (secondary N) is 1. The molecule has 2 aliphatic rings. The third-order valence-electron chi connectivity index (χ3n) is 4.60. The second-order valence-corrected chi connectivity index (χ2v) is 7.44. The molecule has 1 amide bonds. The zero-order valence-electron chi connectivity index (χ0n) is 13.2. The van der Waals surface area contributed by atoms with Crippen molar-refractivity contribution in [2.45, 2.75) is 77.5 Å². The zero-order chi connectivity index (χ0) is 14.8. The van der Waals surface area contributed by atoms with E-state index >= 15 is 0 Å². The van der Waals surface area contributed by atoms with Crippen LogP contribution in [0.1, 0.15) is 59.3 Å². The Balaban J connectivity index is 1.78. The molecular formula is C16H30N2O2. The molecule has 0 radical (unpaired) electrons. The molecule has 2 fully saturated rings. The molecule has 0 aromatic carbocycles. The van der Waals surface area contributed by atoms with Gasteiger partial charge >= 0.3 is 0 Å². The average molecular weight is 282 g/mol. The lowest BCUT2D eigenvalue weighted by Crippen LogP contribution is -2.52. The van der Waals surface area contributed by atoms with Gasteiger partial charge in [-0.05, 0) is 25.7 Å². The summed E-state index contributed by atoms with van der Waals surface area (Å²) in [5.41, 5.74) is -0.278. The molecule has 1 saturated carbocycles. The predicted molar refractivity (Wildman–Crippen MR) is 80.5 cm³/mol. The maximum Gasteiger partial charge on any atom is 0.227 e. The summed E-state index contributed by atoms with van der Waals surface area (Å²) in [5.74, 6) is 0.258. The Morgan fingerprint density at radius 3 is 2.25 bits per heavy atom. The fourth-order valence-electron chi connectivity index (χ4n) is 3.33. The third-order valence-corrected chi connectivity index (χ3v) is 4.60. The van der Waals surface area contributed by atoms with Gasteiger partial charge in [-0.25, -0.2) is 0 Å². The van der Waals surface area contributed by atoms with Crippen LogP contribution in [-0.4, -0.2) is 47.2 Å². The van der Waals surface area contributed by atoms with Crippen molar-refractivity contribution in [3.05, 3.63) is 0 Å². The Bertz CT molecular complexity index is 330. The van der Waals surface area contributed by atoms with Crippen molar-refractivity contribution in [1.29, 1.82) is 0 Å². The van der Waals surface area contributed by atoms with E-state index in [0.29, 0.717) is 6.04 Å².